The number of carbonyl (C=O) groups is 2. The van der Waals surface area contributed by atoms with Crippen LogP contribution in [0.5, 0.6) is 11.5 Å². The van der Waals surface area contributed by atoms with Crippen LogP contribution in [0.1, 0.15) is 31.8 Å². The Morgan fingerprint density at radius 1 is 0.667 bits per heavy atom. The first-order valence-electron chi connectivity index (χ1n) is 9.99. The van der Waals surface area contributed by atoms with Gasteiger partial charge < -0.3 is 30.6 Å². The normalized spacial score (nSPS) is 13.1. The monoisotopic (exact) mass is 414 g/mol. The van der Waals surface area contributed by atoms with Crippen molar-refractivity contribution in [2.45, 2.75) is 0 Å². The molecule has 30 heavy (non-hydrogen) atoms. The van der Waals surface area contributed by atoms with Crippen molar-refractivity contribution >= 4 is 22.9 Å². The van der Waals surface area contributed by atoms with E-state index in [2.05, 4.69) is 0 Å². The van der Waals surface area contributed by atoms with Gasteiger partial charge in [0.2, 0.25) is 11.6 Å². The van der Waals surface area contributed by atoms with Crippen molar-refractivity contribution in [2.75, 3.05) is 54.4 Å². The van der Waals surface area contributed by atoms with E-state index in [0.29, 0.717) is 35.6 Å². The predicted octanol–water partition coefficient (Wildman–Crippen LogP) is -0.614. The molecule has 0 aromatic heterocycles. The number of carbonyl (C=O) groups excluding carboxylic acids is 2. The summed E-state index contributed by atoms with van der Waals surface area (Å²) in [5, 5.41) is 24.5. The topological polar surface area (TPSA) is 114 Å². The minimum absolute atomic E-state index is 0.125. The van der Waals surface area contributed by atoms with Gasteiger partial charge in [-0.2, -0.15) is 0 Å². The lowest BCUT2D eigenvalue weighted by Crippen LogP contribution is -2.81. The van der Waals surface area contributed by atoms with Crippen LogP contribution in [0.3, 0.4) is 0 Å². The zero-order chi connectivity index (χ0) is 22.0. The molecule has 0 atom stereocenters. The van der Waals surface area contributed by atoms with E-state index in [1.54, 1.807) is 0 Å². The first-order chi connectivity index (χ1) is 14.2. The third kappa shape index (κ3) is 4.22. The summed E-state index contributed by atoms with van der Waals surface area (Å²) < 4.78 is 0. The van der Waals surface area contributed by atoms with Gasteiger partial charge in [0.1, 0.15) is 34.0 Å². The summed E-state index contributed by atoms with van der Waals surface area (Å²) in [6, 6.07) is 6.19. The standard InChI is InChI=1S/C22H28N4O4/c1-25(2)11-9-23-13-5-6-14(24-10-12-26(3)4)18-17(13)21(29)19-15(27)7-8-16(28)20(19)22(18)30/h5-8,23-24,27-28H,9-12H2,1-4H3/p+2. The summed E-state index contributed by atoms with van der Waals surface area (Å²) >= 11 is 0. The van der Waals surface area contributed by atoms with E-state index in [1.165, 1.54) is 12.1 Å². The summed E-state index contributed by atoms with van der Waals surface area (Å²) in [6.45, 7) is 3.03. The third-order valence-electron chi connectivity index (χ3n) is 5.22. The lowest BCUT2D eigenvalue weighted by Gasteiger charge is -2.22. The van der Waals surface area contributed by atoms with Gasteiger partial charge >= 0.3 is 0 Å². The number of nitrogens with two attached hydrogens (primary N) is 2. The van der Waals surface area contributed by atoms with E-state index in [0.717, 1.165) is 13.1 Å². The summed E-state index contributed by atoms with van der Waals surface area (Å²) in [5.41, 5.74) is 1.68. The van der Waals surface area contributed by atoms with Crippen LogP contribution in [0.25, 0.3) is 0 Å². The second-order valence-corrected chi connectivity index (χ2v) is 8.10. The highest BCUT2D eigenvalue weighted by molar-refractivity contribution is 6.32. The second kappa shape index (κ2) is 8.93. The second-order valence-electron chi connectivity index (χ2n) is 8.10. The molecule has 0 radical (unpaired) electrons. The Labute approximate surface area is 176 Å². The Hall–Kier alpha value is -2.78. The number of phenols is 2. The molecule has 0 aliphatic heterocycles. The average Bonchev–Trinajstić information content (AvgIpc) is 2.67. The number of aromatic hydroxyl groups is 2. The minimum atomic E-state index is -0.438. The SMILES string of the molecule is CN(C)CC[NH2+]c1ccc([NH2+]CCN(C)C)c2c1C(=O)c1c(O)ccc(O)c1C2=O. The molecule has 2 aromatic rings. The van der Waals surface area contributed by atoms with E-state index in [-0.39, 0.29) is 22.6 Å². The fraction of sp³-hybridized carbons (Fsp3) is 0.364. The molecule has 1 aliphatic carbocycles. The molecular formula is C22H30N4O4+2. The van der Waals surface area contributed by atoms with E-state index in [9.17, 15) is 19.8 Å². The van der Waals surface area contributed by atoms with Crippen LogP contribution < -0.4 is 10.6 Å². The molecule has 0 spiro atoms. The molecule has 0 saturated heterocycles. The molecule has 2 aromatic carbocycles. The number of nitrogens with zero attached hydrogens (tertiary/aromatic N) is 2. The Morgan fingerprint density at radius 3 is 1.37 bits per heavy atom. The number of rotatable bonds is 8. The minimum Gasteiger partial charge on any atom is -0.507 e. The number of hydrogen-bond donors (Lipinski definition) is 4. The molecule has 8 heteroatoms. The van der Waals surface area contributed by atoms with Gasteiger partial charge in [-0.3, -0.25) is 9.59 Å². The highest BCUT2D eigenvalue weighted by atomic mass is 16.3. The van der Waals surface area contributed by atoms with Gasteiger partial charge in [0.25, 0.3) is 0 Å². The van der Waals surface area contributed by atoms with Gasteiger partial charge in [0.05, 0.1) is 24.2 Å². The van der Waals surface area contributed by atoms with Crippen LogP contribution in [-0.2, 0) is 0 Å². The van der Waals surface area contributed by atoms with Crippen molar-refractivity contribution in [3.05, 3.63) is 46.5 Å². The van der Waals surface area contributed by atoms with Crippen LogP contribution in [-0.4, -0.2) is 85.9 Å². The molecule has 3 rings (SSSR count). The molecule has 0 fully saturated rings. The highest BCUT2D eigenvalue weighted by Gasteiger charge is 2.40. The molecule has 0 amide bonds. The number of benzene rings is 2. The van der Waals surface area contributed by atoms with E-state index >= 15 is 0 Å². The number of hydrogen-bond acceptors (Lipinski definition) is 6. The van der Waals surface area contributed by atoms with Crippen molar-refractivity contribution in [1.29, 1.82) is 0 Å². The molecule has 0 heterocycles. The van der Waals surface area contributed by atoms with Gasteiger partial charge in [-0.15, -0.1) is 0 Å². The number of likely N-dealkylation sites (N-methyl/N-ethyl adjacent to an activating group) is 2. The molecule has 0 saturated carbocycles. The Morgan fingerprint density at radius 2 is 1.03 bits per heavy atom. The van der Waals surface area contributed by atoms with Gasteiger partial charge in [0, 0.05) is 25.2 Å². The molecule has 0 unspecified atom stereocenters. The first kappa shape index (κ1) is 21.9. The lowest BCUT2D eigenvalue weighted by atomic mass is 9.81. The molecular weight excluding hydrogens is 384 g/mol. The van der Waals surface area contributed by atoms with Crippen molar-refractivity contribution < 1.29 is 30.4 Å². The maximum absolute atomic E-state index is 13.4. The number of ketones is 2. The van der Waals surface area contributed by atoms with E-state index in [1.807, 2.05) is 60.8 Å². The fourth-order valence-corrected chi connectivity index (χ4v) is 3.71. The first-order valence-corrected chi connectivity index (χ1v) is 9.99. The molecule has 160 valence electrons. The highest BCUT2D eigenvalue weighted by Crippen LogP contribution is 2.40. The summed E-state index contributed by atoms with van der Waals surface area (Å²) in [4.78, 5) is 30.9. The van der Waals surface area contributed by atoms with Gasteiger partial charge in [-0.1, -0.05) is 0 Å². The maximum Gasteiger partial charge on any atom is 0.204 e. The van der Waals surface area contributed by atoms with Gasteiger partial charge in [-0.25, -0.2) is 0 Å². The van der Waals surface area contributed by atoms with E-state index < -0.39 is 11.6 Å². The van der Waals surface area contributed by atoms with Gasteiger partial charge in [-0.05, 0) is 40.3 Å². The zero-order valence-corrected chi connectivity index (χ0v) is 17.9. The fourth-order valence-electron chi connectivity index (χ4n) is 3.71. The summed E-state index contributed by atoms with van der Waals surface area (Å²) in [6.07, 6.45) is 0. The van der Waals surface area contributed by atoms with Crippen LogP contribution in [0.2, 0.25) is 0 Å². The number of quaternary nitrogens is 2. The van der Waals surface area contributed by atoms with Crippen LogP contribution in [0, 0.1) is 0 Å². The molecule has 0 bridgehead atoms. The summed E-state index contributed by atoms with van der Waals surface area (Å²) in [7, 11) is 7.88. The number of fused-ring (bicyclic) bond motifs is 2. The molecule has 8 nitrogen and oxygen atoms in total. The van der Waals surface area contributed by atoms with Crippen LogP contribution in [0.4, 0.5) is 11.4 Å². The largest absolute Gasteiger partial charge is 0.507 e. The smallest absolute Gasteiger partial charge is 0.204 e. The average molecular weight is 415 g/mol. The Kier molecular flexibility index (Phi) is 6.52. The van der Waals surface area contributed by atoms with Crippen LogP contribution >= 0.6 is 0 Å². The van der Waals surface area contributed by atoms with Crippen molar-refractivity contribution in [2.24, 2.45) is 0 Å². The number of phenolic OH excluding ortho intramolecular Hbond substituents is 2. The quantitative estimate of drug-likeness (QED) is 0.289. The van der Waals surface area contributed by atoms with Crippen molar-refractivity contribution in [1.82, 2.24) is 9.80 Å². The van der Waals surface area contributed by atoms with Crippen molar-refractivity contribution in [3.8, 4) is 11.5 Å². The molecule has 1 aliphatic rings. The van der Waals surface area contributed by atoms with Crippen LogP contribution in [0.15, 0.2) is 24.3 Å². The maximum atomic E-state index is 13.4. The lowest BCUT2D eigenvalue weighted by molar-refractivity contribution is -0.575. The van der Waals surface area contributed by atoms with Crippen molar-refractivity contribution in [3.63, 3.8) is 0 Å². The zero-order valence-electron chi connectivity index (χ0n) is 17.9. The molecule has 6 N–H and O–H groups in total. The third-order valence-corrected chi connectivity index (χ3v) is 5.22. The Bertz CT molecular complexity index is 908. The van der Waals surface area contributed by atoms with Gasteiger partial charge in [0.15, 0.2) is 0 Å². The predicted molar refractivity (Wildman–Crippen MR) is 113 cm³/mol. The Balaban J connectivity index is 2.11. The van der Waals surface area contributed by atoms with E-state index in [4.69, 9.17) is 0 Å². The summed E-state index contributed by atoms with van der Waals surface area (Å²) in [5.74, 6) is -1.47.